The van der Waals surface area contributed by atoms with E-state index in [9.17, 15) is 0 Å². The van der Waals surface area contributed by atoms with Crippen LogP contribution in [0, 0.1) is 5.92 Å². The second kappa shape index (κ2) is 7.98. The fraction of sp³-hybridized carbons (Fsp3) is 0.600. The zero-order valence-corrected chi connectivity index (χ0v) is 12.0. The van der Waals surface area contributed by atoms with Crippen molar-refractivity contribution in [2.24, 2.45) is 5.92 Å². The van der Waals surface area contributed by atoms with Crippen molar-refractivity contribution in [3.05, 3.63) is 23.8 Å². The fourth-order valence-corrected chi connectivity index (χ4v) is 2.02. The Kier molecular flexibility index (Phi) is 6.58. The predicted molar refractivity (Wildman–Crippen MR) is 75.3 cm³/mol. The summed E-state index contributed by atoms with van der Waals surface area (Å²) in [6.45, 7) is 5.95. The van der Waals surface area contributed by atoms with E-state index < -0.39 is 0 Å². The van der Waals surface area contributed by atoms with Gasteiger partial charge in [-0.3, -0.25) is 0 Å². The van der Waals surface area contributed by atoms with Crippen molar-refractivity contribution in [1.82, 2.24) is 5.32 Å². The van der Waals surface area contributed by atoms with Crippen molar-refractivity contribution in [1.29, 1.82) is 0 Å². The van der Waals surface area contributed by atoms with Crippen LogP contribution in [0.2, 0.25) is 0 Å². The highest BCUT2D eigenvalue weighted by molar-refractivity contribution is 5.46. The SMILES string of the molecule is CCCC(C)COc1c(CNC)cccc1OC. The maximum absolute atomic E-state index is 5.96. The van der Waals surface area contributed by atoms with Gasteiger partial charge in [0.25, 0.3) is 0 Å². The number of benzene rings is 1. The summed E-state index contributed by atoms with van der Waals surface area (Å²) >= 11 is 0. The molecule has 3 nitrogen and oxygen atoms in total. The molecule has 0 aliphatic rings. The molecule has 0 saturated heterocycles. The Hall–Kier alpha value is -1.22. The van der Waals surface area contributed by atoms with Gasteiger partial charge in [-0.25, -0.2) is 0 Å². The third-order valence-electron chi connectivity index (χ3n) is 2.94. The zero-order chi connectivity index (χ0) is 13.4. The summed E-state index contributed by atoms with van der Waals surface area (Å²) in [6, 6.07) is 6.01. The lowest BCUT2D eigenvalue weighted by molar-refractivity contribution is 0.238. The van der Waals surface area contributed by atoms with Crippen molar-refractivity contribution in [2.45, 2.75) is 33.2 Å². The molecule has 1 atom stereocenters. The number of hydrogen-bond acceptors (Lipinski definition) is 3. The van der Waals surface area contributed by atoms with E-state index in [1.807, 2.05) is 19.2 Å². The largest absolute Gasteiger partial charge is 0.493 e. The molecule has 102 valence electrons. The van der Waals surface area contributed by atoms with E-state index >= 15 is 0 Å². The van der Waals surface area contributed by atoms with Gasteiger partial charge in [0.1, 0.15) is 0 Å². The first-order chi connectivity index (χ1) is 8.72. The molecule has 1 unspecified atom stereocenters. The Morgan fingerprint density at radius 3 is 2.72 bits per heavy atom. The number of ether oxygens (including phenoxy) is 2. The quantitative estimate of drug-likeness (QED) is 0.769. The average molecular weight is 251 g/mol. The summed E-state index contributed by atoms with van der Waals surface area (Å²) in [4.78, 5) is 0. The lowest BCUT2D eigenvalue weighted by atomic mass is 10.1. The van der Waals surface area contributed by atoms with Crippen LogP contribution in [0.25, 0.3) is 0 Å². The summed E-state index contributed by atoms with van der Waals surface area (Å²) in [5, 5.41) is 3.15. The third-order valence-corrected chi connectivity index (χ3v) is 2.94. The van der Waals surface area contributed by atoms with Gasteiger partial charge in [0, 0.05) is 12.1 Å². The highest BCUT2D eigenvalue weighted by Gasteiger charge is 2.11. The van der Waals surface area contributed by atoms with Gasteiger partial charge in [-0.05, 0) is 25.5 Å². The standard InChI is InChI=1S/C15H25NO2/c1-5-7-12(2)11-18-15-13(10-16-3)8-6-9-14(15)17-4/h6,8-9,12,16H,5,7,10-11H2,1-4H3. The first-order valence-corrected chi connectivity index (χ1v) is 6.66. The minimum absolute atomic E-state index is 0.572. The van der Waals surface area contributed by atoms with Crippen molar-refractivity contribution in [2.75, 3.05) is 20.8 Å². The van der Waals surface area contributed by atoms with Crippen LogP contribution in [0.15, 0.2) is 18.2 Å². The smallest absolute Gasteiger partial charge is 0.165 e. The van der Waals surface area contributed by atoms with Crippen molar-refractivity contribution < 1.29 is 9.47 Å². The number of methoxy groups -OCH3 is 1. The summed E-state index contributed by atoms with van der Waals surface area (Å²) in [5.41, 5.74) is 1.14. The molecule has 1 rings (SSSR count). The molecule has 0 aliphatic carbocycles. The van der Waals surface area contributed by atoms with Crippen LogP contribution < -0.4 is 14.8 Å². The molecule has 0 radical (unpaired) electrons. The molecule has 1 aromatic carbocycles. The fourth-order valence-electron chi connectivity index (χ4n) is 2.02. The van der Waals surface area contributed by atoms with Crippen LogP contribution >= 0.6 is 0 Å². The highest BCUT2D eigenvalue weighted by atomic mass is 16.5. The molecule has 18 heavy (non-hydrogen) atoms. The average Bonchev–Trinajstić information content (AvgIpc) is 2.37. The number of para-hydroxylation sites is 1. The van der Waals surface area contributed by atoms with Gasteiger partial charge in [-0.15, -0.1) is 0 Å². The Bertz CT molecular complexity index is 352. The first kappa shape index (κ1) is 14.8. The molecule has 1 aromatic rings. The van der Waals surface area contributed by atoms with Crippen LogP contribution in [-0.2, 0) is 6.54 Å². The Morgan fingerprint density at radius 2 is 2.11 bits per heavy atom. The van der Waals surface area contributed by atoms with Gasteiger partial charge < -0.3 is 14.8 Å². The summed E-state index contributed by atoms with van der Waals surface area (Å²) in [5.74, 6) is 2.26. The summed E-state index contributed by atoms with van der Waals surface area (Å²) in [7, 11) is 3.61. The predicted octanol–water partition coefficient (Wildman–Crippen LogP) is 3.23. The van der Waals surface area contributed by atoms with Crippen molar-refractivity contribution >= 4 is 0 Å². The van der Waals surface area contributed by atoms with Crippen LogP contribution in [0.3, 0.4) is 0 Å². The molecular formula is C15H25NO2. The Balaban J connectivity index is 2.77. The molecule has 0 spiro atoms. The van der Waals surface area contributed by atoms with Gasteiger partial charge in [0.15, 0.2) is 11.5 Å². The lowest BCUT2D eigenvalue weighted by Crippen LogP contribution is -2.12. The number of hydrogen-bond donors (Lipinski definition) is 1. The van der Waals surface area contributed by atoms with Gasteiger partial charge in [0.2, 0.25) is 0 Å². The Morgan fingerprint density at radius 1 is 1.33 bits per heavy atom. The van der Waals surface area contributed by atoms with Crippen LogP contribution in [0.1, 0.15) is 32.3 Å². The second-order valence-electron chi connectivity index (χ2n) is 4.68. The minimum Gasteiger partial charge on any atom is -0.493 e. The topological polar surface area (TPSA) is 30.5 Å². The molecular weight excluding hydrogens is 226 g/mol. The van der Waals surface area contributed by atoms with E-state index in [1.165, 1.54) is 12.8 Å². The van der Waals surface area contributed by atoms with E-state index in [2.05, 4.69) is 25.2 Å². The van der Waals surface area contributed by atoms with Crippen molar-refractivity contribution in [3.8, 4) is 11.5 Å². The monoisotopic (exact) mass is 251 g/mol. The van der Waals surface area contributed by atoms with E-state index in [0.717, 1.165) is 30.2 Å². The molecule has 0 aliphatic heterocycles. The molecule has 0 amide bonds. The third kappa shape index (κ3) is 4.22. The van der Waals surface area contributed by atoms with Crippen LogP contribution in [0.5, 0.6) is 11.5 Å². The maximum atomic E-state index is 5.96. The molecule has 0 saturated carbocycles. The van der Waals surface area contributed by atoms with Gasteiger partial charge in [-0.2, -0.15) is 0 Å². The summed E-state index contributed by atoms with van der Waals surface area (Å²) in [6.07, 6.45) is 2.39. The molecule has 0 fully saturated rings. The van der Waals surface area contributed by atoms with E-state index in [-0.39, 0.29) is 0 Å². The van der Waals surface area contributed by atoms with Crippen LogP contribution in [0.4, 0.5) is 0 Å². The van der Waals surface area contributed by atoms with Crippen LogP contribution in [-0.4, -0.2) is 20.8 Å². The van der Waals surface area contributed by atoms with Gasteiger partial charge >= 0.3 is 0 Å². The second-order valence-corrected chi connectivity index (χ2v) is 4.68. The number of rotatable bonds is 8. The first-order valence-electron chi connectivity index (χ1n) is 6.66. The van der Waals surface area contributed by atoms with E-state index in [1.54, 1.807) is 7.11 Å². The van der Waals surface area contributed by atoms with E-state index in [0.29, 0.717) is 5.92 Å². The Labute approximate surface area is 110 Å². The molecule has 0 aromatic heterocycles. The number of nitrogens with one attached hydrogen (secondary N) is 1. The van der Waals surface area contributed by atoms with E-state index in [4.69, 9.17) is 9.47 Å². The molecule has 3 heteroatoms. The van der Waals surface area contributed by atoms with Crippen molar-refractivity contribution in [3.63, 3.8) is 0 Å². The molecule has 1 N–H and O–H groups in total. The normalized spacial score (nSPS) is 12.2. The molecule has 0 bridgehead atoms. The zero-order valence-electron chi connectivity index (χ0n) is 12.0. The van der Waals surface area contributed by atoms with Gasteiger partial charge in [0.05, 0.1) is 13.7 Å². The highest BCUT2D eigenvalue weighted by Crippen LogP contribution is 2.31. The minimum atomic E-state index is 0.572. The maximum Gasteiger partial charge on any atom is 0.165 e. The van der Waals surface area contributed by atoms with Gasteiger partial charge in [-0.1, -0.05) is 32.4 Å². The molecule has 0 heterocycles. The summed E-state index contributed by atoms with van der Waals surface area (Å²) < 4.78 is 11.3. The lowest BCUT2D eigenvalue weighted by Gasteiger charge is -2.17.